The van der Waals surface area contributed by atoms with E-state index in [2.05, 4.69) is 17.1 Å². The maximum absolute atomic E-state index is 13.6. The third kappa shape index (κ3) is 8.15. The average Bonchev–Trinajstić information content (AvgIpc) is 2.84. The molecule has 1 saturated heterocycles. The molecule has 2 unspecified atom stereocenters. The molecule has 202 valence electrons. The van der Waals surface area contributed by atoms with Gasteiger partial charge in [0.2, 0.25) is 12.3 Å². The number of halogens is 4. The Balaban J connectivity index is 0.00000228. The fraction of sp³-hybridized carbons (Fsp3) is 0.630. The lowest BCUT2D eigenvalue weighted by molar-refractivity contribution is -0.0383. The van der Waals surface area contributed by atoms with Gasteiger partial charge in [0.1, 0.15) is 11.9 Å². The van der Waals surface area contributed by atoms with Crippen molar-refractivity contribution in [3.05, 3.63) is 36.0 Å². The van der Waals surface area contributed by atoms with Crippen molar-refractivity contribution in [3.8, 4) is 22.8 Å². The van der Waals surface area contributed by atoms with Crippen molar-refractivity contribution < 1.29 is 18.3 Å². The van der Waals surface area contributed by atoms with Crippen LogP contribution in [0.25, 0.3) is 11.1 Å². The second kappa shape index (κ2) is 14.9. The largest absolute Gasteiger partial charge is 0.490 e. The molecule has 0 radical (unpaired) electrons. The van der Waals surface area contributed by atoms with E-state index in [1.807, 2.05) is 42.3 Å². The fourth-order valence-electron chi connectivity index (χ4n) is 4.98. The van der Waals surface area contributed by atoms with Crippen molar-refractivity contribution in [2.75, 3.05) is 20.1 Å². The van der Waals surface area contributed by atoms with E-state index in [1.54, 1.807) is 0 Å². The average molecular weight is 547 g/mol. The van der Waals surface area contributed by atoms with Gasteiger partial charge in [0.15, 0.2) is 0 Å². The number of likely N-dealkylation sites (tertiary alicyclic amines) is 1. The SMILES string of the molecule is CCCCc1nnc(OC2CN(C)CCC2C(F)F)cc1-c1ccc(OC2CCCCC2)cc1.Cl.Cl. The van der Waals surface area contributed by atoms with Gasteiger partial charge in [-0.25, -0.2) is 8.78 Å². The number of aromatic nitrogens is 2. The Labute approximate surface area is 226 Å². The summed E-state index contributed by atoms with van der Waals surface area (Å²) in [6, 6.07) is 9.98. The quantitative estimate of drug-likeness (QED) is 0.339. The molecule has 2 heterocycles. The first-order chi connectivity index (χ1) is 16.5. The summed E-state index contributed by atoms with van der Waals surface area (Å²) in [5.74, 6) is 0.399. The van der Waals surface area contributed by atoms with Crippen LogP contribution in [0.1, 0.15) is 64.0 Å². The third-order valence-corrected chi connectivity index (χ3v) is 7.04. The highest BCUT2D eigenvalue weighted by Gasteiger charge is 2.36. The summed E-state index contributed by atoms with van der Waals surface area (Å²) in [7, 11) is 1.93. The Morgan fingerprint density at radius 2 is 1.72 bits per heavy atom. The molecule has 1 aromatic carbocycles. The molecule has 4 rings (SSSR count). The summed E-state index contributed by atoms with van der Waals surface area (Å²) in [6.45, 7) is 3.25. The molecule has 2 fully saturated rings. The highest BCUT2D eigenvalue weighted by molar-refractivity contribution is 5.85. The van der Waals surface area contributed by atoms with Gasteiger partial charge in [0.05, 0.1) is 17.7 Å². The molecule has 9 heteroatoms. The van der Waals surface area contributed by atoms with E-state index in [1.165, 1.54) is 19.3 Å². The predicted molar refractivity (Wildman–Crippen MR) is 144 cm³/mol. The number of unbranched alkanes of at least 4 members (excludes halogenated alkanes) is 1. The molecule has 2 aliphatic rings. The minimum atomic E-state index is -2.41. The van der Waals surface area contributed by atoms with Gasteiger partial charge in [-0.1, -0.05) is 31.9 Å². The smallest absolute Gasteiger partial charge is 0.245 e. The molecular formula is C27H39Cl2F2N3O2. The normalized spacial score (nSPS) is 20.9. The monoisotopic (exact) mass is 545 g/mol. The predicted octanol–water partition coefficient (Wildman–Crippen LogP) is 7.01. The van der Waals surface area contributed by atoms with Crippen LogP contribution < -0.4 is 9.47 Å². The van der Waals surface area contributed by atoms with E-state index in [9.17, 15) is 8.78 Å². The van der Waals surface area contributed by atoms with Gasteiger partial charge in [0.25, 0.3) is 0 Å². The standard InChI is InChI=1S/C27H37F2N3O2.2ClH/c1-3-4-10-24-23(19-11-13-21(14-12-19)33-20-8-6-5-7-9-20)17-26(31-30-24)34-25-18-32(2)16-15-22(25)27(28)29;;/h11-14,17,20,22,25,27H,3-10,15-16,18H2,1-2H3;2*1H. The summed E-state index contributed by atoms with van der Waals surface area (Å²) in [4.78, 5) is 2.03. The molecule has 36 heavy (non-hydrogen) atoms. The van der Waals surface area contributed by atoms with Crippen molar-refractivity contribution in [3.63, 3.8) is 0 Å². The molecule has 5 nitrogen and oxygen atoms in total. The number of piperidine rings is 1. The van der Waals surface area contributed by atoms with Crippen molar-refractivity contribution >= 4 is 24.8 Å². The molecule has 0 spiro atoms. The summed E-state index contributed by atoms with van der Waals surface area (Å²) < 4.78 is 39.4. The molecule has 2 aromatic rings. The number of nitrogens with zero attached hydrogens (tertiary/aromatic N) is 3. The van der Waals surface area contributed by atoms with Crippen LogP contribution in [0.15, 0.2) is 30.3 Å². The van der Waals surface area contributed by atoms with Crippen molar-refractivity contribution in [2.45, 2.75) is 83.3 Å². The highest BCUT2D eigenvalue weighted by Crippen LogP contribution is 2.32. The van der Waals surface area contributed by atoms with Gasteiger partial charge in [-0.15, -0.1) is 29.9 Å². The number of rotatable bonds is 9. The molecule has 0 N–H and O–H groups in total. The Kier molecular flexibility index (Phi) is 12.6. The van der Waals surface area contributed by atoms with E-state index in [4.69, 9.17) is 9.47 Å². The van der Waals surface area contributed by atoms with Gasteiger partial charge in [-0.2, -0.15) is 5.10 Å². The number of likely N-dealkylation sites (N-methyl/N-ethyl adjacent to an activating group) is 1. The van der Waals surface area contributed by atoms with E-state index < -0.39 is 18.4 Å². The van der Waals surface area contributed by atoms with E-state index in [0.717, 1.165) is 54.7 Å². The second-order valence-electron chi connectivity index (χ2n) is 9.75. The van der Waals surface area contributed by atoms with Crippen molar-refractivity contribution in [1.82, 2.24) is 15.1 Å². The number of aryl methyl sites for hydroxylation is 1. The number of hydrogen-bond acceptors (Lipinski definition) is 5. The zero-order valence-electron chi connectivity index (χ0n) is 21.2. The van der Waals surface area contributed by atoms with Crippen LogP contribution >= 0.6 is 24.8 Å². The molecule has 0 amide bonds. The second-order valence-corrected chi connectivity index (χ2v) is 9.75. The molecule has 1 aliphatic heterocycles. The summed E-state index contributed by atoms with van der Waals surface area (Å²) in [6.07, 6.45) is 6.58. The molecule has 0 bridgehead atoms. The number of benzene rings is 1. The number of ether oxygens (including phenoxy) is 2. The minimum absolute atomic E-state index is 0. The summed E-state index contributed by atoms with van der Waals surface area (Å²) in [5.41, 5.74) is 2.86. The van der Waals surface area contributed by atoms with E-state index in [0.29, 0.717) is 31.5 Å². The van der Waals surface area contributed by atoms with Crippen molar-refractivity contribution in [1.29, 1.82) is 0 Å². The van der Waals surface area contributed by atoms with Crippen molar-refractivity contribution in [2.24, 2.45) is 5.92 Å². The fourth-order valence-corrected chi connectivity index (χ4v) is 4.98. The third-order valence-electron chi connectivity index (χ3n) is 7.04. The first-order valence-electron chi connectivity index (χ1n) is 12.8. The summed E-state index contributed by atoms with van der Waals surface area (Å²) >= 11 is 0. The van der Waals surface area contributed by atoms with Gasteiger partial charge in [-0.3, -0.25) is 0 Å². The zero-order chi connectivity index (χ0) is 23.9. The molecule has 1 saturated carbocycles. The van der Waals surface area contributed by atoms with Crippen LogP contribution in [-0.4, -0.2) is 53.9 Å². The van der Waals surface area contributed by atoms with Crippen LogP contribution in [0.5, 0.6) is 11.6 Å². The van der Waals surface area contributed by atoms with Crippen LogP contribution in [0.2, 0.25) is 0 Å². The molecule has 1 aliphatic carbocycles. The maximum atomic E-state index is 13.6. The van der Waals surface area contributed by atoms with Crippen LogP contribution in [0.4, 0.5) is 8.78 Å². The van der Waals surface area contributed by atoms with Gasteiger partial charge >= 0.3 is 0 Å². The lowest BCUT2D eigenvalue weighted by atomic mass is 9.94. The molecular weight excluding hydrogens is 507 g/mol. The molecule has 1 aromatic heterocycles. The Hall–Kier alpha value is -1.70. The topological polar surface area (TPSA) is 47.5 Å². The van der Waals surface area contributed by atoms with Gasteiger partial charge < -0.3 is 14.4 Å². The van der Waals surface area contributed by atoms with Gasteiger partial charge in [0, 0.05) is 18.2 Å². The number of hydrogen-bond donors (Lipinski definition) is 0. The van der Waals surface area contributed by atoms with Crippen LogP contribution in [0.3, 0.4) is 0 Å². The Bertz CT molecular complexity index is 914. The van der Waals surface area contributed by atoms with E-state index in [-0.39, 0.29) is 24.8 Å². The molecule has 2 atom stereocenters. The highest BCUT2D eigenvalue weighted by atomic mass is 35.5. The lowest BCUT2D eigenvalue weighted by Gasteiger charge is -2.35. The maximum Gasteiger partial charge on any atom is 0.245 e. The van der Waals surface area contributed by atoms with Gasteiger partial charge in [-0.05, 0) is 76.2 Å². The number of alkyl halides is 2. The summed E-state index contributed by atoms with van der Waals surface area (Å²) in [5, 5.41) is 8.72. The Morgan fingerprint density at radius 3 is 2.39 bits per heavy atom. The minimum Gasteiger partial charge on any atom is -0.490 e. The first-order valence-corrected chi connectivity index (χ1v) is 12.8. The van der Waals surface area contributed by atoms with E-state index >= 15 is 0 Å². The zero-order valence-corrected chi connectivity index (χ0v) is 22.8. The first kappa shape index (κ1) is 30.5. The van der Waals surface area contributed by atoms with Crippen LogP contribution in [0, 0.1) is 5.92 Å². The lowest BCUT2D eigenvalue weighted by Crippen LogP contribution is -2.47. The Morgan fingerprint density at radius 1 is 1.00 bits per heavy atom. The van der Waals surface area contributed by atoms with Crippen LogP contribution in [-0.2, 0) is 6.42 Å².